The summed E-state index contributed by atoms with van der Waals surface area (Å²) in [6, 6.07) is 0. The molecule has 28 valence electrons. The zero-order valence-corrected chi connectivity index (χ0v) is 3.71. The molecule has 0 aromatic heterocycles. The van der Waals surface area contributed by atoms with Gasteiger partial charge in [-0.3, -0.25) is 0 Å². The van der Waals surface area contributed by atoms with Gasteiger partial charge in [-0.2, -0.15) is 0 Å². The summed E-state index contributed by atoms with van der Waals surface area (Å²) in [6.07, 6.45) is 0. The van der Waals surface area contributed by atoms with Crippen LogP contribution in [0.3, 0.4) is 0 Å². The average molecular weight is 86.5 g/mol. The maximum atomic E-state index is 5.27. The molecule has 5 heavy (non-hydrogen) atoms. The Bertz CT molecular complexity index is 11.6. The van der Waals surface area contributed by atoms with E-state index in [4.69, 9.17) is 11.6 Å². The van der Waals surface area contributed by atoms with Crippen LogP contribution >= 0.6 is 11.6 Å². The van der Waals surface area contributed by atoms with E-state index in [2.05, 4.69) is 0 Å². The summed E-state index contributed by atoms with van der Waals surface area (Å²) >= 11 is 5.27. The maximum absolute atomic E-state index is 5.27. The van der Waals surface area contributed by atoms with Crippen molar-refractivity contribution in [3.8, 4) is 0 Å². The molecule has 0 aliphatic carbocycles. The van der Waals surface area contributed by atoms with Crippen LogP contribution in [0.25, 0.3) is 0 Å². The molecule has 0 spiro atoms. The Morgan fingerprint density at radius 3 is 1.40 bits per heavy atom. The van der Waals surface area contributed by atoms with Crippen LogP contribution in [0.5, 0.6) is 0 Å². The molecular formula is C3H8ClLi. The van der Waals surface area contributed by atoms with Crippen molar-refractivity contribution >= 4 is 30.5 Å². The summed E-state index contributed by atoms with van der Waals surface area (Å²) in [7, 11) is 0. The van der Waals surface area contributed by atoms with Gasteiger partial charge in [-0.1, -0.05) is 0 Å². The van der Waals surface area contributed by atoms with Gasteiger partial charge in [-0.05, 0) is 13.8 Å². The van der Waals surface area contributed by atoms with Crippen LogP contribution in [-0.4, -0.2) is 24.2 Å². The van der Waals surface area contributed by atoms with Gasteiger partial charge in [0.25, 0.3) is 0 Å². The Morgan fingerprint density at radius 1 is 1.40 bits per heavy atom. The molecular weight excluding hydrogens is 78.4 g/mol. The first-order valence-electron chi connectivity index (χ1n) is 1.37. The van der Waals surface area contributed by atoms with Crippen molar-refractivity contribution in [2.45, 2.75) is 19.2 Å². The number of rotatable bonds is 0. The molecule has 0 saturated heterocycles. The van der Waals surface area contributed by atoms with Crippen molar-refractivity contribution < 1.29 is 0 Å². The van der Waals surface area contributed by atoms with Crippen molar-refractivity contribution in [3.63, 3.8) is 0 Å². The number of alkyl halides is 1. The SMILES string of the molecule is CC(C)Cl.[LiH]. The van der Waals surface area contributed by atoms with E-state index >= 15 is 0 Å². The van der Waals surface area contributed by atoms with Gasteiger partial charge in [0.1, 0.15) is 0 Å². The van der Waals surface area contributed by atoms with Crippen molar-refractivity contribution in [1.29, 1.82) is 0 Å². The van der Waals surface area contributed by atoms with E-state index in [0.717, 1.165) is 0 Å². The van der Waals surface area contributed by atoms with Crippen molar-refractivity contribution in [3.05, 3.63) is 0 Å². The average Bonchev–Trinajstić information content (AvgIpc) is 0.811. The molecule has 0 rings (SSSR count). The number of hydrogen-bond donors (Lipinski definition) is 0. The van der Waals surface area contributed by atoms with Gasteiger partial charge < -0.3 is 0 Å². The second kappa shape index (κ2) is 4.89. The molecule has 0 amide bonds. The van der Waals surface area contributed by atoms with Gasteiger partial charge in [0.2, 0.25) is 0 Å². The van der Waals surface area contributed by atoms with Crippen LogP contribution in [0.15, 0.2) is 0 Å². The predicted molar refractivity (Wildman–Crippen MR) is 28.1 cm³/mol. The fourth-order valence-electron chi connectivity index (χ4n) is 0. The van der Waals surface area contributed by atoms with Gasteiger partial charge in [0, 0.05) is 5.38 Å². The molecule has 0 aromatic rings. The van der Waals surface area contributed by atoms with E-state index in [0.29, 0.717) is 5.38 Å². The molecule has 0 aliphatic heterocycles. The van der Waals surface area contributed by atoms with Crippen molar-refractivity contribution in [2.75, 3.05) is 0 Å². The molecule has 0 fully saturated rings. The second-order valence-corrected chi connectivity index (χ2v) is 1.89. The normalized spacial score (nSPS) is 7.20. The zero-order chi connectivity index (χ0) is 3.58. The van der Waals surface area contributed by atoms with Crippen LogP contribution in [0.4, 0.5) is 0 Å². The third kappa shape index (κ3) is 51.7. The first kappa shape index (κ1) is 9.31. The fourth-order valence-corrected chi connectivity index (χ4v) is 0. The summed E-state index contributed by atoms with van der Waals surface area (Å²) in [5.41, 5.74) is 0. The van der Waals surface area contributed by atoms with E-state index in [1.54, 1.807) is 0 Å². The second-order valence-electron chi connectivity index (χ2n) is 1.01. The van der Waals surface area contributed by atoms with Gasteiger partial charge in [-0.15, -0.1) is 11.6 Å². The molecule has 0 aromatic carbocycles. The molecule has 0 saturated carbocycles. The van der Waals surface area contributed by atoms with Crippen LogP contribution in [-0.2, 0) is 0 Å². The quantitative estimate of drug-likeness (QED) is 0.305. The summed E-state index contributed by atoms with van der Waals surface area (Å²) in [4.78, 5) is 0. The summed E-state index contributed by atoms with van der Waals surface area (Å²) < 4.78 is 0. The van der Waals surface area contributed by atoms with E-state index in [1.807, 2.05) is 13.8 Å². The third-order valence-corrected chi connectivity index (χ3v) is 0. The van der Waals surface area contributed by atoms with Crippen LogP contribution < -0.4 is 0 Å². The number of halogens is 1. The standard InChI is InChI=1S/C3H7Cl.Li.H/c1-3(2)4;;/h3H,1-2H3;;. The minimum atomic E-state index is 0. The molecule has 0 bridgehead atoms. The molecule has 0 radical (unpaired) electrons. The summed E-state index contributed by atoms with van der Waals surface area (Å²) in [5, 5.41) is 0.306. The first-order valence-corrected chi connectivity index (χ1v) is 1.81. The zero-order valence-electron chi connectivity index (χ0n) is 2.96. The minimum absolute atomic E-state index is 0. The van der Waals surface area contributed by atoms with Gasteiger partial charge >= 0.3 is 18.9 Å². The third-order valence-electron chi connectivity index (χ3n) is 0. The molecule has 0 atom stereocenters. The Kier molecular flexibility index (Phi) is 9.10. The monoisotopic (exact) mass is 86.0 g/mol. The van der Waals surface area contributed by atoms with Gasteiger partial charge in [0.15, 0.2) is 0 Å². The Hall–Kier alpha value is 0.887. The van der Waals surface area contributed by atoms with Gasteiger partial charge in [-0.25, -0.2) is 0 Å². The molecule has 0 N–H and O–H groups in total. The van der Waals surface area contributed by atoms with Crippen molar-refractivity contribution in [2.24, 2.45) is 0 Å². The van der Waals surface area contributed by atoms with Crippen LogP contribution in [0, 0.1) is 0 Å². The number of hydrogen-bond acceptors (Lipinski definition) is 0. The van der Waals surface area contributed by atoms with Crippen LogP contribution in [0.2, 0.25) is 0 Å². The molecule has 0 heterocycles. The van der Waals surface area contributed by atoms with E-state index in [1.165, 1.54) is 0 Å². The Morgan fingerprint density at radius 2 is 1.40 bits per heavy atom. The summed E-state index contributed by atoms with van der Waals surface area (Å²) in [6.45, 7) is 3.86. The fraction of sp³-hybridized carbons (Fsp3) is 1.00. The van der Waals surface area contributed by atoms with E-state index < -0.39 is 0 Å². The Labute approximate surface area is 50.1 Å². The topological polar surface area (TPSA) is 0 Å². The summed E-state index contributed by atoms with van der Waals surface area (Å²) in [5.74, 6) is 0. The predicted octanol–water partition coefficient (Wildman–Crippen LogP) is 0.985. The van der Waals surface area contributed by atoms with Crippen molar-refractivity contribution in [1.82, 2.24) is 0 Å². The first-order chi connectivity index (χ1) is 1.73. The molecule has 0 unspecified atom stereocenters. The molecule has 0 nitrogen and oxygen atoms in total. The van der Waals surface area contributed by atoms with E-state index in [9.17, 15) is 0 Å². The molecule has 2 heteroatoms. The Balaban J connectivity index is 0. The van der Waals surface area contributed by atoms with E-state index in [-0.39, 0.29) is 18.9 Å². The van der Waals surface area contributed by atoms with Gasteiger partial charge in [0.05, 0.1) is 0 Å². The molecule has 0 aliphatic rings. The van der Waals surface area contributed by atoms with Crippen LogP contribution in [0.1, 0.15) is 13.8 Å².